The minimum Gasteiger partial charge on any atom is -0.497 e. The number of rotatable bonds is 5. The first kappa shape index (κ1) is 17.3. The van der Waals surface area contributed by atoms with Crippen LogP contribution >= 0.6 is 0 Å². The molecule has 4 nitrogen and oxygen atoms in total. The van der Waals surface area contributed by atoms with E-state index in [-0.39, 0.29) is 5.54 Å². The first-order chi connectivity index (χ1) is 9.85. The zero-order valence-electron chi connectivity index (χ0n) is 14.2. The highest BCUT2D eigenvalue weighted by atomic mass is 16.5. The van der Waals surface area contributed by atoms with Crippen molar-refractivity contribution >= 4 is 5.96 Å². The molecule has 0 saturated heterocycles. The Balaban J connectivity index is 2.43. The van der Waals surface area contributed by atoms with E-state index in [4.69, 9.17) is 4.74 Å². The predicted octanol–water partition coefficient (Wildman–Crippen LogP) is 3.15. The first-order valence-corrected chi connectivity index (χ1v) is 7.48. The Morgan fingerprint density at radius 1 is 1.24 bits per heavy atom. The van der Waals surface area contributed by atoms with Crippen molar-refractivity contribution < 1.29 is 4.74 Å². The summed E-state index contributed by atoms with van der Waals surface area (Å²) in [7, 11) is 3.49. The summed E-state index contributed by atoms with van der Waals surface area (Å²) in [6.45, 7) is 9.51. The van der Waals surface area contributed by atoms with Gasteiger partial charge in [0.2, 0.25) is 0 Å². The van der Waals surface area contributed by atoms with E-state index in [1.54, 1.807) is 14.2 Å². The second kappa shape index (κ2) is 7.91. The molecule has 118 valence electrons. The number of benzene rings is 1. The maximum atomic E-state index is 5.19. The molecule has 0 aliphatic carbocycles. The lowest BCUT2D eigenvalue weighted by Gasteiger charge is -2.24. The van der Waals surface area contributed by atoms with Crippen LogP contribution in [0.25, 0.3) is 0 Å². The standard InChI is InChI=1S/C17H29N3O/c1-13(14-7-9-15(21-6)10-8-14)11-12-19-16(18-5)20-17(2,3)4/h7-10,13H,11-12H2,1-6H3,(H2,18,19,20). The van der Waals surface area contributed by atoms with Crippen LogP contribution in [0.15, 0.2) is 29.3 Å². The molecule has 4 heteroatoms. The zero-order chi connectivity index (χ0) is 15.9. The summed E-state index contributed by atoms with van der Waals surface area (Å²) in [6.07, 6.45) is 1.05. The molecular weight excluding hydrogens is 262 g/mol. The largest absolute Gasteiger partial charge is 0.497 e. The minimum absolute atomic E-state index is 0.0173. The maximum absolute atomic E-state index is 5.19. The van der Waals surface area contributed by atoms with Crippen LogP contribution in [0.5, 0.6) is 5.75 Å². The van der Waals surface area contributed by atoms with E-state index in [1.807, 2.05) is 12.1 Å². The number of hydrogen-bond acceptors (Lipinski definition) is 2. The topological polar surface area (TPSA) is 45.7 Å². The lowest BCUT2D eigenvalue weighted by atomic mass is 9.98. The van der Waals surface area contributed by atoms with Crippen LogP contribution in [0.3, 0.4) is 0 Å². The second-order valence-corrected chi connectivity index (χ2v) is 6.34. The SMILES string of the molecule is CN=C(NCCC(C)c1ccc(OC)cc1)NC(C)(C)C. The minimum atomic E-state index is 0.0173. The molecule has 0 amide bonds. The molecule has 0 fully saturated rings. The molecule has 21 heavy (non-hydrogen) atoms. The van der Waals surface area contributed by atoms with Crippen molar-refractivity contribution in [1.29, 1.82) is 0 Å². The van der Waals surface area contributed by atoms with E-state index >= 15 is 0 Å². The summed E-state index contributed by atoms with van der Waals surface area (Å²) in [5, 5.41) is 6.72. The van der Waals surface area contributed by atoms with Crippen LogP contribution in [-0.4, -0.2) is 32.2 Å². The van der Waals surface area contributed by atoms with Gasteiger partial charge < -0.3 is 15.4 Å². The molecule has 1 aromatic rings. The number of nitrogens with one attached hydrogen (secondary N) is 2. The molecule has 1 atom stereocenters. The molecule has 1 rings (SSSR count). The van der Waals surface area contributed by atoms with Crippen molar-refractivity contribution in [2.24, 2.45) is 4.99 Å². The molecule has 1 unspecified atom stereocenters. The van der Waals surface area contributed by atoms with Crippen molar-refractivity contribution in [2.45, 2.75) is 45.6 Å². The molecular formula is C17H29N3O. The van der Waals surface area contributed by atoms with Crippen molar-refractivity contribution in [3.05, 3.63) is 29.8 Å². The van der Waals surface area contributed by atoms with Gasteiger partial charge in [-0.3, -0.25) is 4.99 Å². The maximum Gasteiger partial charge on any atom is 0.191 e. The molecule has 1 aromatic carbocycles. The summed E-state index contributed by atoms with van der Waals surface area (Å²) >= 11 is 0. The van der Waals surface area contributed by atoms with Crippen molar-refractivity contribution in [2.75, 3.05) is 20.7 Å². The Morgan fingerprint density at radius 2 is 1.86 bits per heavy atom. The molecule has 0 saturated carbocycles. The predicted molar refractivity (Wildman–Crippen MR) is 90.3 cm³/mol. The number of nitrogens with zero attached hydrogens (tertiary/aromatic N) is 1. The van der Waals surface area contributed by atoms with Gasteiger partial charge in [-0.25, -0.2) is 0 Å². The average molecular weight is 291 g/mol. The van der Waals surface area contributed by atoms with Gasteiger partial charge in [0.05, 0.1) is 7.11 Å². The third kappa shape index (κ3) is 6.52. The number of ether oxygens (including phenoxy) is 1. The van der Waals surface area contributed by atoms with Crippen LogP contribution in [0.1, 0.15) is 45.6 Å². The Morgan fingerprint density at radius 3 is 2.33 bits per heavy atom. The van der Waals surface area contributed by atoms with Gasteiger partial charge in [0.15, 0.2) is 5.96 Å². The third-order valence-corrected chi connectivity index (χ3v) is 3.27. The van der Waals surface area contributed by atoms with E-state index in [9.17, 15) is 0 Å². The molecule has 2 N–H and O–H groups in total. The summed E-state index contributed by atoms with van der Waals surface area (Å²) < 4.78 is 5.19. The molecule has 0 spiro atoms. The van der Waals surface area contributed by atoms with Gasteiger partial charge in [-0.05, 0) is 50.8 Å². The number of methoxy groups -OCH3 is 1. The average Bonchev–Trinajstić information content (AvgIpc) is 2.44. The van der Waals surface area contributed by atoms with E-state index in [0.29, 0.717) is 5.92 Å². The quantitative estimate of drug-likeness (QED) is 0.647. The normalized spacial score (nSPS) is 13.7. The molecule has 0 aliphatic heterocycles. The van der Waals surface area contributed by atoms with Crippen molar-refractivity contribution in [3.8, 4) is 5.75 Å². The summed E-state index contributed by atoms with van der Waals surface area (Å²) in [5.74, 6) is 2.25. The fourth-order valence-electron chi connectivity index (χ4n) is 2.04. The lowest BCUT2D eigenvalue weighted by molar-refractivity contribution is 0.414. The Kier molecular flexibility index (Phi) is 6.53. The summed E-state index contributed by atoms with van der Waals surface area (Å²) in [4.78, 5) is 4.24. The number of hydrogen-bond donors (Lipinski definition) is 2. The Labute approximate surface area is 129 Å². The summed E-state index contributed by atoms with van der Waals surface area (Å²) in [5.41, 5.74) is 1.35. The van der Waals surface area contributed by atoms with Crippen LogP contribution < -0.4 is 15.4 Å². The van der Waals surface area contributed by atoms with Crippen molar-refractivity contribution in [1.82, 2.24) is 10.6 Å². The second-order valence-electron chi connectivity index (χ2n) is 6.34. The highest BCUT2D eigenvalue weighted by Gasteiger charge is 2.12. The van der Waals surface area contributed by atoms with Gasteiger partial charge in [0, 0.05) is 19.1 Å². The molecule has 0 aromatic heterocycles. The van der Waals surface area contributed by atoms with Gasteiger partial charge in [0.25, 0.3) is 0 Å². The Hall–Kier alpha value is -1.71. The van der Waals surface area contributed by atoms with E-state index in [2.05, 4.69) is 55.5 Å². The van der Waals surface area contributed by atoms with Crippen LogP contribution in [0.4, 0.5) is 0 Å². The van der Waals surface area contributed by atoms with Gasteiger partial charge in [-0.2, -0.15) is 0 Å². The molecule has 0 aliphatic rings. The van der Waals surface area contributed by atoms with Gasteiger partial charge >= 0.3 is 0 Å². The highest BCUT2D eigenvalue weighted by molar-refractivity contribution is 5.80. The lowest BCUT2D eigenvalue weighted by Crippen LogP contribution is -2.47. The Bertz CT molecular complexity index is 446. The van der Waals surface area contributed by atoms with Crippen molar-refractivity contribution in [3.63, 3.8) is 0 Å². The molecule has 0 heterocycles. The van der Waals surface area contributed by atoms with Gasteiger partial charge in [-0.15, -0.1) is 0 Å². The fourth-order valence-corrected chi connectivity index (χ4v) is 2.04. The van der Waals surface area contributed by atoms with Crippen LogP contribution in [-0.2, 0) is 0 Å². The summed E-state index contributed by atoms with van der Waals surface area (Å²) in [6, 6.07) is 8.29. The van der Waals surface area contributed by atoms with Gasteiger partial charge in [-0.1, -0.05) is 19.1 Å². The monoisotopic (exact) mass is 291 g/mol. The van der Waals surface area contributed by atoms with Gasteiger partial charge in [0.1, 0.15) is 5.75 Å². The van der Waals surface area contributed by atoms with Crippen LogP contribution in [0, 0.1) is 0 Å². The zero-order valence-corrected chi connectivity index (χ0v) is 14.2. The molecule has 0 radical (unpaired) electrons. The van der Waals surface area contributed by atoms with Crippen LogP contribution in [0.2, 0.25) is 0 Å². The smallest absolute Gasteiger partial charge is 0.191 e. The number of guanidine groups is 1. The highest BCUT2D eigenvalue weighted by Crippen LogP contribution is 2.21. The van der Waals surface area contributed by atoms with E-state index < -0.39 is 0 Å². The third-order valence-electron chi connectivity index (χ3n) is 3.27. The van der Waals surface area contributed by atoms with E-state index in [1.165, 1.54) is 5.56 Å². The van der Waals surface area contributed by atoms with E-state index in [0.717, 1.165) is 24.7 Å². The number of aliphatic imine (C=N–C) groups is 1. The molecule has 0 bridgehead atoms. The first-order valence-electron chi connectivity index (χ1n) is 7.48. The fraction of sp³-hybridized carbons (Fsp3) is 0.588.